The Morgan fingerprint density at radius 3 is 2.74 bits per heavy atom. The SMILES string of the molecule is Cc1[nH]c2ccccc2c1N(C)CC1(C(=O)O)CC1. The highest BCUT2D eigenvalue weighted by Gasteiger charge is 2.51. The molecule has 0 atom stereocenters. The van der Waals surface area contributed by atoms with Gasteiger partial charge in [0.15, 0.2) is 0 Å². The summed E-state index contributed by atoms with van der Waals surface area (Å²) in [5, 5.41) is 10.5. The van der Waals surface area contributed by atoms with Crippen LogP contribution in [0.5, 0.6) is 0 Å². The lowest BCUT2D eigenvalue weighted by atomic mass is 10.1. The molecule has 0 amide bonds. The molecule has 2 N–H and O–H groups in total. The number of H-pyrrole nitrogens is 1. The highest BCUT2D eigenvalue weighted by Crippen LogP contribution is 2.47. The number of hydrogen-bond acceptors (Lipinski definition) is 2. The second kappa shape index (κ2) is 4.02. The Morgan fingerprint density at radius 2 is 2.11 bits per heavy atom. The molecule has 2 aromatic rings. The first kappa shape index (κ1) is 12.1. The fraction of sp³-hybridized carbons (Fsp3) is 0.400. The normalized spacial score (nSPS) is 16.5. The molecule has 1 aliphatic carbocycles. The Hall–Kier alpha value is -1.97. The third kappa shape index (κ3) is 1.87. The zero-order chi connectivity index (χ0) is 13.6. The second-order valence-electron chi connectivity index (χ2n) is 5.59. The van der Waals surface area contributed by atoms with Crippen LogP contribution in [0.15, 0.2) is 24.3 Å². The number of nitrogens with one attached hydrogen (secondary N) is 1. The molecule has 100 valence electrons. The van der Waals surface area contributed by atoms with Gasteiger partial charge in [0, 0.05) is 30.2 Å². The van der Waals surface area contributed by atoms with Gasteiger partial charge in [-0.15, -0.1) is 0 Å². The number of aromatic amines is 1. The number of anilines is 1. The van der Waals surface area contributed by atoms with Gasteiger partial charge in [0.1, 0.15) is 0 Å². The van der Waals surface area contributed by atoms with Crippen LogP contribution >= 0.6 is 0 Å². The highest BCUT2D eigenvalue weighted by atomic mass is 16.4. The molecular formula is C15H18N2O2. The topological polar surface area (TPSA) is 56.3 Å². The van der Waals surface area contributed by atoms with Gasteiger partial charge in [0.2, 0.25) is 0 Å². The maximum absolute atomic E-state index is 11.3. The van der Waals surface area contributed by atoms with Crippen LogP contribution < -0.4 is 4.90 Å². The molecule has 1 heterocycles. The summed E-state index contributed by atoms with van der Waals surface area (Å²) in [7, 11) is 1.98. The molecule has 4 heteroatoms. The fourth-order valence-electron chi connectivity index (χ4n) is 2.88. The number of para-hydroxylation sites is 1. The molecule has 1 aromatic carbocycles. The lowest BCUT2D eigenvalue weighted by Crippen LogP contribution is -2.32. The van der Waals surface area contributed by atoms with Crippen LogP contribution in [-0.4, -0.2) is 29.7 Å². The number of nitrogens with zero attached hydrogens (tertiary/aromatic N) is 1. The van der Waals surface area contributed by atoms with E-state index >= 15 is 0 Å². The molecule has 0 aliphatic heterocycles. The smallest absolute Gasteiger partial charge is 0.311 e. The van der Waals surface area contributed by atoms with E-state index in [0.29, 0.717) is 6.54 Å². The summed E-state index contributed by atoms with van der Waals surface area (Å²) >= 11 is 0. The molecule has 0 bridgehead atoms. The van der Waals surface area contributed by atoms with E-state index in [2.05, 4.69) is 16.0 Å². The third-order valence-electron chi connectivity index (χ3n) is 4.09. The molecule has 0 saturated heterocycles. The highest BCUT2D eigenvalue weighted by molar-refractivity contribution is 5.95. The van der Waals surface area contributed by atoms with Gasteiger partial charge in [-0.05, 0) is 25.8 Å². The van der Waals surface area contributed by atoms with Gasteiger partial charge < -0.3 is 15.0 Å². The maximum Gasteiger partial charge on any atom is 0.311 e. The second-order valence-corrected chi connectivity index (χ2v) is 5.59. The predicted octanol–water partition coefficient (Wildman–Crippen LogP) is 2.78. The van der Waals surface area contributed by atoms with Crippen LogP contribution in [0.2, 0.25) is 0 Å². The zero-order valence-corrected chi connectivity index (χ0v) is 11.2. The summed E-state index contributed by atoms with van der Waals surface area (Å²) < 4.78 is 0. The summed E-state index contributed by atoms with van der Waals surface area (Å²) in [6, 6.07) is 8.13. The molecular weight excluding hydrogens is 240 g/mol. The van der Waals surface area contributed by atoms with Crippen LogP contribution in [0.3, 0.4) is 0 Å². The number of carbonyl (C=O) groups is 1. The van der Waals surface area contributed by atoms with Crippen LogP contribution in [0, 0.1) is 12.3 Å². The first-order valence-electron chi connectivity index (χ1n) is 6.55. The first-order valence-corrected chi connectivity index (χ1v) is 6.55. The Labute approximate surface area is 112 Å². The van der Waals surface area contributed by atoms with Gasteiger partial charge >= 0.3 is 5.97 Å². The third-order valence-corrected chi connectivity index (χ3v) is 4.09. The quantitative estimate of drug-likeness (QED) is 0.886. The van der Waals surface area contributed by atoms with Crippen LogP contribution in [0.4, 0.5) is 5.69 Å². The van der Waals surface area contributed by atoms with Gasteiger partial charge in [-0.1, -0.05) is 18.2 Å². The predicted molar refractivity (Wildman–Crippen MR) is 75.6 cm³/mol. The minimum atomic E-state index is -0.670. The zero-order valence-electron chi connectivity index (χ0n) is 11.2. The van der Waals surface area contributed by atoms with Gasteiger partial charge in [0.25, 0.3) is 0 Å². The van der Waals surface area contributed by atoms with Gasteiger partial charge in [0.05, 0.1) is 11.1 Å². The molecule has 1 aliphatic rings. The number of benzene rings is 1. The van der Waals surface area contributed by atoms with Gasteiger partial charge in [-0.3, -0.25) is 4.79 Å². The average molecular weight is 258 g/mol. The molecule has 0 spiro atoms. The summed E-state index contributed by atoms with van der Waals surface area (Å²) in [5.74, 6) is -0.670. The van der Waals surface area contributed by atoms with Crippen molar-refractivity contribution in [1.82, 2.24) is 4.98 Å². The van der Waals surface area contributed by atoms with Crippen molar-refractivity contribution < 1.29 is 9.90 Å². The molecule has 0 radical (unpaired) electrons. The Balaban J connectivity index is 1.96. The summed E-state index contributed by atoms with van der Waals surface area (Å²) in [5.41, 5.74) is 2.77. The number of fused-ring (bicyclic) bond motifs is 1. The molecule has 1 fully saturated rings. The number of aliphatic carboxylic acids is 1. The number of aromatic nitrogens is 1. The summed E-state index contributed by atoms with van der Waals surface area (Å²) in [6.07, 6.45) is 1.57. The van der Waals surface area contributed by atoms with Crippen LogP contribution in [-0.2, 0) is 4.79 Å². The molecule has 19 heavy (non-hydrogen) atoms. The van der Waals surface area contributed by atoms with Crippen LogP contribution in [0.1, 0.15) is 18.5 Å². The summed E-state index contributed by atoms with van der Waals surface area (Å²) in [6.45, 7) is 2.61. The van der Waals surface area contributed by atoms with E-state index in [0.717, 1.165) is 35.1 Å². The first-order chi connectivity index (χ1) is 9.03. The van der Waals surface area contributed by atoms with E-state index in [1.807, 2.05) is 32.2 Å². The summed E-state index contributed by atoms with van der Waals surface area (Å²) in [4.78, 5) is 16.7. The number of carboxylic acids is 1. The number of hydrogen-bond donors (Lipinski definition) is 2. The number of rotatable bonds is 4. The minimum absolute atomic E-state index is 0.528. The minimum Gasteiger partial charge on any atom is -0.481 e. The monoisotopic (exact) mass is 258 g/mol. The van der Waals surface area contributed by atoms with Gasteiger partial charge in [-0.2, -0.15) is 0 Å². The van der Waals surface area contributed by atoms with E-state index < -0.39 is 11.4 Å². The molecule has 3 rings (SSSR count). The van der Waals surface area contributed by atoms with E-state index in [9.17, 15) is 9.90 Å². The van der Waals surface area contributed by atoms with Crippen molar-refractivity contribution in [1.29, 1.82) is 0 Å². The van der Waals surface area contributed by atoms with E-state index in [1.165, 1.54) is 0 Å². The molecule has 0 unspecified atom stereocenters. The Morgan fingerprint density at radius 1 is 1.42 bits per heavy atom. The van der Waals surface area contributed by atoms with Crippen molar-refractivity contribution >= 4 is 22.6 Å². The Kier molecular flexibility index (Phi) is 2.55. The molecule has 1 aromatic heterocycles. The van der Waals surface area contributed by atoms with Crippen molar-refractivity contribution in [3.63, 3.8) is 0 Å². The average Bonchev–Trinajstić information content (AvgIpc) is 3.05. The van der Waals surface area contributed by atoms with Gasteiger partial charge in [-0.25, -0.2) is 0 Å². The number of carboxylic acid groups (broad SMARTS) is 1. The molecule has 4 nitrogen and oxygen atoms in total. The standard InChI is InChI=1S/C15H18N2O2/c1-10-13(11-5-3-4-6-12(11)16-10)17(2)9-15(7-8-15)14(18)19/h3-6,16H,7-9H2,1-2H3,(H,18,19). The van der Waals surface area contributed by atoms with Crippen molar-refractivity contribution in [3.05, 3.63) is 30.0 Å². The van der Waals surface area contributed by atoms with Crippen molar-refractivity contribution in [3.8, 4) is 0 Å². The van der Waals surface area contributed by atoms with Crippen LogP contribution in [0.25, 0.3) is 10.9 Å². The van der Waals surface area contributed by atoms with Crippen molar-refractivity contribution in [2.75, 3.05) is 18.5 Å². The van der Waals surface area contributed by atoms with E-state index in [1.54, 1.807) is 0 Å². The van der Waals surface area contributed by atoms with E-state index in [-0.39, 0.29) is 0 Å². The number of aryl methyl sites for hydroxylation is 1. The fourth-order valence-corrected chi connectivity index (χ4v) is 2.88. The van der Waals surface area contributed by atoms with Crippen molar-refractivity contribution in [2.24, 2.45) is 5.41 Å². The largest absolute Gasteiger partial charge is 0.481 e. The van der Waals surface area contributed by atoms with Crippen molar-refractivity contribution in [2.45, 2.75) is 19.8 Å². The lowest BCUT2D eigenvalue weighted by Gasteiger charge is -2.23. The van der Waals surface area contributed by atoms with E-state index in [4.69, 9.17) is 0 Å². The molecule has 1 saturated carbocycles. The Bertz CT molecular complexity index is 641. The lowest BCUT2D eigenvalue weighted by molar-refractivity contribution is -0.142. The maximum atomic E-state index is 11.3.